The van der Waals surface area contributed by atoms with E-state index in [1.807, 2.05) is 0 Å². The quantitative estimate of drug-likeness (QED) is 0.719. The Balaban J connectivity index is 2.53. The van der Waals surface area contributed by atoms with Crippen molar-refractivity contribution in [2.24, 2.45) is 0 Å². The molecule has 0 bridgehead atoms. The first-order valence-electron chi connectivity index (χ1n) is 5.98. The van der Waals surface area contributed by atoms with Gasteiger partial charge in [0.25, 0.3) is 0 Å². The molecule has 1 unspecified atom stereocenters. The lowest BCUT2D eigenvalue weighted by Gasteiger charge is -2.16. The molecule has 0 aliphatic carbocycles. The van der Waals surface area contributed by atoms with Crippen molar-refractivity contribution < 1.29 is 0 Å². The first-order chi connectivity index (χ1) is 7.76. The summed E-state index contributed by atoms with van der Waals surface area (Å²) in [6.45, 7) is 5.32. The average molecular weight is 215 g/mol. The van der Waals surface area contributed by atoms with Gasteiger partial charge in [-0.25, -0.2) is 0 Å². The Hall–Kier alpha value is -1.26. The van der Waals surface area contributed by atoms with Crippen LogP contribution >= 0.6 is 0 Å². The van der Waals surface area contributed by atoms with Crippen LogP contribution in [0.2, 0.25) is 0 Å². The third-order valence-electron chi connectivity index (χ3n) is 2.65. The summed E-state index contributed by atoms with van der Waals surface area (Å²) in [6.07, 6.45) is 8.35. The van der Waals surface area contributed by atoms with Crippen LogP contribution in [0.1, 0.15) is 30.9 Å². The summed E-state index contributed by atoms with van der Waals surface area (Å²) in [5.41, 5.74) is 2.66. The van der Waals surface area contributed by atoms with Crippen LogP contribution in [0.5, 0.6) is 0 Å². The Morgan fingerprint density at radius 2 is 2.00 bits per heavy atom. The van der Waals surface area contributed by atoms with Crippen LogP contribution < -0.4 is 5.32 Å². The maximum absolute atomic E-state index is 5.39. The summed E-state index contributed by atoms with van der Waals surface area (Å²) in [6, 6.07) is 9.09. The molecule has 1 N–H and O–H groups in total. The summed E-state index contributed by atoms with van der Waals surface area (Å²) >= 11 is 0. The van der Waals surface area contributed by atoms with Gasteiger partial charge in [-0.2, -0.15) is 0 Å². The van der Waals surface area contributed by atoms with Gasteiger partial charge < -0.3 is 5.32 Å². The molecule has 0 aliphatic heterocycles. The molecular formula is C15H21N. The van der Waals surface area contributed by atoms with Crippen molar-refractivity contribution in [3.05, 3.63) is 35.4 Å². The molecule has 0 aromatic heterocycles. The highest BCUT2D eigenvalue weighted by Crippen LogP contribution is 2.07. The van der Waals surface area contributed by atoms with E-state index < -0.39 is 0 Å². The molecule has 1 aromatic carbocycles. The standard InChI is InChI=1S/C15H21N/c1-4-6-15(16-11-5-2)12-14-9-7-13(3)8-10-14/h1,7-10,15-16H,5-6,11-12H2,2-3H3. The van der Waals surface area contributed by atoms with Crippen LogP contribution in [0.3, 0.4) is 0 Å². The topological polar surface area (TPSA) is 12.0 Å². The van der Waals surface area contributed by atoms with E-state index in [1.54, 1.807) is 0 Å². The normalized spacial score (nSPS) is 12.1. The van der Waals surface area contributed by atoms with Gasteiger partial charge in [0.05, 0.1) is 0 Å². The molecular weight excluding hydrogens is 194 g/mol. The Morgan fingerprint density at radius 3 is 2.56 bits per heavy atom. The predicted molar refractivity (Wildman–Crippen MR) is 70.4 cm³/mol. The minimum Gasteiger partial charge on any atom is -0.313 e. The summed E-state index contributed by atoms with van der Waals surface area (Å²) in [4.78, 5) is 0. The van der Waals surface area contributed by atoms with Crippen molar-refractivity contribution in [1.29, 1.82) is 0 Å². The number of aryl methyl sites for hydroxylation is 1. The van der Waals surface area contributed by atoms with Gasteiger partial charge >= 0.3 is 0 Å². The van der Waals surface area contributed by atoms with Gasteiger partial charge in [-0.15, -0.1) is 12.3 Å². The van der Waals surface area contributed by atoms with Gasteiger partial charge in [0.15, 0.2) is 0 Å². The van der Waals surface area contributed by atoms with Crippen LogP contribution in [-0.4, -0.2) is 12.6 Å². The lowest BCUT2D eigenvalue weighted by atomic mass is 10.0. The van der Waals surface area contributed by atoms with Crippen molar-refractivity contribution in [2.75, 3.05) is 6.54 Å². The van der Waals surface area contributed by atoms with Crippen molar-refractivity contribution in [2.45, 2.75) is 39.2 Å². The smallest absolute Gasteiger partial charge is 0.0243 e. The molecule has 1 aromatic rings. The number of nitrogens with one attached hydrogen (secondary N) is 1. The largest absolute Gasteiger partial charge is 0.313 e. The molecule has 0 spiro atoms. The zero-order chi connectivity index (χ0) is 11.8. The molecule has 1 nitrogen and oxygen atoms in total. The second kappa shape index (κ2) is 7.09. The third-order valence-corrected chi connectivity index (χ3v) is 2.65. The molecule has 0 aliphatic rings. The SMILES string of the molecule is C#CCC(Cc1ccc(C)cc1)NCCC. The molecule has 0 radical (unpaired) electrons. The van der Waals surface area contributed by atoms with E-state index in [0.717, 1.165) is 25.8 Å². The number of benzene rings is 1. The number of hydrogen-bond acceptors (Lipinski definition) is 1. The summed E-state index contributed by atoms with van der Waals surface area (Å²) in [5.74, 6) is 2.75. The van der Waals surface area contributed by atoms with Gasteiger partial charge in [-0.05, 0) is 31.9 Å². The van der Waals surface area contributed by atoms with Crippen molar-refractivity contribution in [3.8, 4) is 12.3 Å². The lowest BCUT2D eigenvalue weighted by molar-refractivity contribution is 0.517. The molecule has 0 heterocycles. The highest BCUT2D eigenvalue weighted by molar-refractivity contribution is 5.22. The van der Waals surface area contributed by atoms with Crippen LogP contribution in [0, 0.1) is 19.3 Å². The lowest BCUT2D eigenvalue weighted by Crippen LogP contribution is -2.31. The minimum absolute atomic E-state index is 0.410. The monoisotopic (exact) mass is 215 g/mol. The zero-order valence-electron chi connectivity index (χ0n) is 10.3. The van der Waals surface area contributed by atoms with E-state index in [4.69, 9.17) is 6.42 Å². The van der Waals surface area contributed by atoms with E-state index in [1.165, 1.54) is 11.1 Å². The molecule has 1 heteroatoms. The molecule has 1 rings (SSSR count). The molecule has 0 amide bonds. The van der Waals surface area contributed by atoms with E-state index in [0.29, 0.717) is 6.04 Å². The Labute approximate surface area is 99.3 Å². The predicted octanol–water partition coefficient (Wildman–Crippen LogP) is 2.93. The number of hydrogen-bond donors (Lipinski definition) is 1. The minimum atomic E-state index is 0.410. The molecule has 0 saturated carbocycles. The zero-order valence-corrected chi connectivity index (χ0v) is 10.3. The first-order valence-corrected chi connectivity index (χ1v) is 5.98. The van der Waals surface area contributed by atoms with E-state index in [9.17, 15) is 0 Å². The highest BCUT2D eigenvalue weighted by Gasteiger charge is 2.06. The Kier molecular flexibility index (Phi) is 5.67. The second-order valence-corrected chi connectivity index (χ2v) is 4.25. The Morgan fingerprint density at radius 1 is 1.31 bits per heavy atom. The summed E-state index contributed by atoms with van der Waals surface area (Å²) in [7, 11) is 0. The first kappa shape index (κ1) is 12.8. The van der Waals surface area contributed by atoms with E-state index in [-0.39, 0.29) is 0 Å². The van der Waals surface area contributed by atoms with Crippen LogP contribution in [0.25, 0.3) is 0 Å². The number of rotatable bonds is 6. The molecule has 1 atom stereocenters. The average Bonchev–Trinajstić information content (AvgIpc) is 2.29. The summed E-state index contributed by atoms with van der Waals surface area (Å²) in [5, 5.41) is 3.49. The highest BCUT2D eigenvalue weighted by atomic mass is 14.9. The van der Waals surface area contributed by atoms with E-state index >= 15 is 0 Å². The van der Waals surface area contributed by atoms with Crippen LogP contribution in [-0.2, 0) is 6.42 Å². The van der Waals surface area contributed by atoms with Crippen molar-refractivity contribution >= 4 is 0 Å². The van der Waals surface area contributed by atoms with Gasteiger partial charge in [-0.1, -0.05) is 36.8 Å². The van der Waals surface area contributed by atoms with Gasteiger partial charge in [0.2, 0.25) is 0 Å². The second-order valence-electron chi connectivity index (χ2n) is 4.25. The van der Waals surface area contributed by atoms with Crippen LogP contribution in [0.15, 0.2) is 24.3 Å². The molecule has 0 fully saturated rings. The van der Waals surface area contributed by atoms with Gasteiger partial charge in [0.1, 0.15) is 0 Å². The maximum Gasteiger partial charge on any atom is 0.0243 e. The van der Waals surface area contributed by atoms with Gasteiger partial charge in [-0.3, -0.25) is 0 Å². The fraction of sp³-hybridized carbons (Fsp3) is 0.467. The molecule has 0 saturated heterocycles. The fourth-order valence-corrected chi connectivity index (χ4v) is 1.72. The van der Waals surface area contributed by atoms with E-state index in [2.05, 4.69) is 49.4 Å². The van der Waals surface area contributed by atoms with Crippen molar-refractivity contribution in [3.63, 3.8) is 0 Å². The molecule has 86 valence electrons. The fourth-order valence-electron chi connectivity index (χ4n) is 1.72. The molecule has 16 heavy (non-hydrogen) atoms. The summed E-state index contributed by atoms with van der Waals surface area (Å²) < 4.78 is 0. The van der Waals surface area contributed by atoms with Gasteiger partial charge in [0, 0.05) is 12.5 Å². The van der Waals surface area contributed by atoms with Crippen molar-refractivity contribution in [1.82, 2.24) is 5.32 Å². The third kappa shape index (κ3) is 4.51. The maximum atomic E-state index is 5.39. The van der Waals surface area contributed by atoms with Crippen LogP contribution in [0.4, 0.5) is 0 Å². The number of terminal acetylenes is 1. The Bertz CT molecular complexity index is 331.